The Morgan fingerprint density at radius 1 is 1.44 bits per heavy atom. The van der Waals surface area contributed by atoms with Gasteiger partial charge < -0.3 is 10.3 Å². The summed E-state index contributed by atoms with van der Waals surface area (Å²) in [6.07, 6.45) is 0. The highest BCUT2D eigenvalue weighted by Crippen LogP contribution is 2.13. The van der Waals surface area contributed by atoms with E-state index in [9.17, 15) is 4.79 Å². The van der Waals surface area contributed by atoms with Gasteiger partial charge in [0.1, 0.15) is 5.82 Å². The Morgan fingerprint density at radius 3 is 2.94 bits per heavy atom. The van der Waals surface area contributed by atoms with Gasteiger partial charge in [-0.3, -0.25) is 4.79 Å². The first-order valence-corrected chi connectivity index (χ1v) is 5.65. The summed E-state index contributed by atoms with van der Waals surface area (Å²) in [6.45, 7) is 4.29. The molecule has 1 heterocycles. The lowest BCUT2D eigenvalue weighted by atomic mass is 10.2. The van der Waals surface area contributed by atoms with Crippen molar-refractivity contribution >= 4 is 32.5 Å². The van der Waals surface area contributed by atoms with Crippen LogP contribution in [0.3, 0.4) is 0 Å². The van der Waals surface area contributed by atoms with E-state index in [1.54, 1.807) is 6.07 Å². The number of rotatable bonds is 3. The fraction of sp³-hybridized carbons (Fsp3) is 0.0833. The summed E-state index contributed by atoms with van der Waals surface area (Å²) in [5.74, 6) is 0.698. The molecule has 0 aliphatic heterocycles. The second-order valence-corrected chi connectivity index (χ2v) is 4.59. The van der Waals surface area contributed by atoms with E-state index in [1.807, 2.05) is 24.3 Å². The number of H-pyrrole nitrogens is 1. The maximum atomic E-state index is 11.7. The van der Waals surface area contributed by atoms with E-state index in [4.69, 9.17) is 0 Å². The predicted octanol–water partition coefficient (Wildman–Crippen LogP) is 2.85. The number of hydrogen-bond donors (Lipinski definition) is 2. The number of anilines is 1. The molecule has 1 aromatic carbocycles. The van der Waals surface area contributed by atoms with Gasteiger partial charge in [-0.1, -0.05) is 40.7 Å². The SMILES string of the molecule is C=C(Br)CNc1cc2ccccc2c(=O)[nH]1. The van der Waals surface area contributed by atoms with Crippen LogP contribution in [0.15, 0.2) is 46.2 Å². The summed E-state index contributed by atoms with van der Waals surface area (Å²) in [5, 5.41) is 4.70. The molecule has 82 valence electrons. The Morgan fingerprint density at radius 2 is 2.19 bits per heavy atom. The average molecular weight is 279 g/mol. The van der Waals surface area contributed by atoms with Gasteiger partial charge in [0, 0.05) is 16.4 Å². The third-order valence-corrected chi connectivity index (χ3v) is 2.50. The van der Waals surface area contributed by atoms with Crippen LogP contribution in [0.25, 0.3) is 10.8 Å². The summed E-state index contributed by atoms with van der Waals surface area (Å²) in [5.41, 5.74) is -0.0826. The lowest BCUT2D eigenvalue weighted by molar-refractivity contribution is 1.20. The van der Waals surface area contributed by atoms with Crippen LogP contribution >= 0.6 is 15.9 Å². The number of nitrogens with one attached hydrogen (secondary N) is 2. The summed E-state index contributed by atoms with van der Waals surface area (Å²) in [6, 6.07) is 9.40. The molecule has 2 N–H and O–H groups in total. The van der Waals surface area contributed by atoms with Gasteiger partial charge >= 0.3 is 0 Å². The van der Waals surface area contributed by atoms with Gasteiger partial charge in [-0.05, 0) is 17.5 Å². The zero-order valence-electron chi connectivity index (χ0n) is 8.59. The Bertz CT molecular complexity index is 589. The molecule has 0 bridgehead atoms. The van der Waals surface area contributed by atoms with Crippen LogP contribution < -0.4 is 10.9 Å². The molecular formula is C12H11BrN2O. The quantitative estimate of drug-likeness (QED) is 0.907. The Labute approximate surface area is 101 Å². The van der Waals surface area contributed by atoms with E-state index in [0.717, 1.165) is 9.87 Å². The van der Waals surface area contributed by atoms with Crippen LogP contribution in [0.5, 0.6) is 0 Å². The molecule has 0 aliphatic rings. The van der Waals surface area contributed by atoms with E-state index in [1.165, 1.54) is 0 Å². The number of fused-ring (bicyclic) bond motifs is 1. The van der Waals surface area contributed by atoms with Crippen LogP contribution in [-0.2, 0) is 0 Å². The van der Waals surface area contributed by atoms with E-state index in [2.05, 4.69) is 32.8 Å². The third kappa shape index (κ3) is 2.33. The maximum Gasteiger partial charge on any atom is 0.257 e. The molecule has 0 amide bonds. The molecule has 0 radical (unpaired) electrons. The van der Waals surface area contributed by atoms with Crippen molar-refractivity contribution in [2.45, 2.75) is 0 Å². The van der Waals surface area contributed by atoms with Crippen LogP contribution in [0, 0.1) is 0 Å². The second kappa shape index (κ2) is 4.53. The molecule has 3 nitrogen and oxygen atoms in total. The number of aromatic nitrogens is 1. The minimum absolute atomic E-state index is 0.0826. The monoisotopic (exact) mass is 278 g/mol. The molecule has 2 rings (SSSR count). The highest BCUT2D eigenvalue weighted by molar-refractivity contribution is 9.11. The number of halogens is 1. The zero-order valence-corrected chi connectivity index (χ0v) is 10.2. The molecule has 4 heteroatoms. The molecule has 0 spiro atoms. The van der Waals surface area contributed by atoms with Crippen LogP contribution in [0.4, 0.5) is 5.82 Å². The molecular weight excluding hydrogens is 268 g/mol. The van der Waals surface area contributed by atoms with Crippen molar-refractivity contribution in [3.05, 3.63) is 51.7 Å². The molecule has 2 aromatic rings. The largest absolute Gasteiger partial charge is 0.367 e. The van der Waals surface area contributed by atoms with Crippen LogP contribution in [0.1, 0.15) is 0 Å². The van der Waals surface area contributed by atoms with Crippen LogP contribution in [-0.4, -0.2) is 11.5 Å². The molecule has 0 saturated heterocycles. The highest BCUT2D eigenvalue weighted by atomic mass is 79.9. The molecule has 0 fully saturated rings. The Hall–Kier alpha value is -1.55. The van der Waals surface area contributed by atoms with Gasteiger partial charge in [-0.15, -0.1) is 0 Å². The normalized spacial score (nSPS) is 10.3. The maximum absolute atomic E-state index is 11.7. The molecule has 0 atom stereocenters. The lowest BCUT2D eigenvalue weighted by Crippen LogP contribution is -2.11. The van der Waals surface area contributed by atoms with Gasteiger partial charge in [0.2, 0.25) is 0 Å². The Balaban J connectivity index is 2.42. The summed E-state index contributed by atoms with van der Waals surface area (Å²) < 4.78 is 0.835. The van der Waals surface area contributed by atoms with Crippen molar-refractivity contribution in [2.75, 3.05) is 11.9 Å². The first-order chi connectivity index (χ1) is 7.66. The smallest absolute Gasteiger partial charge is 0.257 e. The predicted molar refractivity (Wildman–Crippen MR) is 71.1 cm³/mol. The summed E-state index contributed by atoms with van der Waals surface area (Å²) in [7, 11) is 0. The van der Waals surface area contributed by atoms with Gasteiger partial charge in [-0.25, -0.2) is 0 Å². The topological polar surface area (TPSA) is 44.9 Å². The van der Waals surface area contributed by atoms with Crippen molar-refractivity contribution in [1.82, 2.24) is 4.98 Å². The fourth-order valence-electron chi connectivity index (χ4n) is 1.50. The lowest BCUT2D eigenvalue weighted by Gasteiger charge is -2.06. The summed E-state index contributed by atoms with van der Waals surface area (Å²) in [4.78, 5) is 14.5. The zero-order chi connectivity index (χ0) is 11.5. The molecule has 16 heavy (non-hydrogen) atoms. The van der Waals surface area contributed by atoms with Gasteiger partial charge in [-0.2, -0.15) is 0 Å². The molecule has 1 aromatic heterocycles. The molecule has 0 aliphatic carbocycles. The van der Waals surface area contributed by atoms with Gasteiger partial charge in [0.15, 0.2) is 0 Å². The first kappa shape index (κ1) is 11.0. The average Bonchev–Trinajstić information content (AvgIpc) is 2.26. The standard InChI is InChI=1S/C12H11BrN2O/c1-8(13)7-14-11-6-9-4-2-3-5-10(9)12(16)15-11/h2-6H,1,7H2,(H2,14,15,16). The number of pyridine rings is 1. The minimum Gasteiger partial charge on any atom is -0.367 e. The number of aromatic amines is 1. The van der Waals surface area contributed by atoms with Crippen LogP contribution in [0.2, 0.25) is 0 Å². The van der Waals surface area contributed by atoms with Gasteiger partial charge in [0.05, 0.1) is 0 Å². The second-order valence-electron chi connectivity index (χ2n) is 3.47. The number of benzene rings is 1. The van der Waals surface area contributed by atoms with E-state index in [0.29, 0.717) is 17.7 Å². The van der Waals surface area contributed by atoms with Crippen molar-refractivity contribution < 1.29 is 0 Å². The molecule has 0 saturated carbocycles. The summed E-state index contributed by atoms with van der Waals surface area (Å²) >= 11 is 3.25. The Kier molecular flexibility index (Phi) is 3.10. The molecule has 0 unspecified atom stereocenters. The van der Waals surface area contributed by atoms with Gasteiger partial charge in [0.25, 0.3) is 5.56 Å². The van der Waals surface area contributed by atoms with Crippen molar-refractivity contribution in [2.24, 2.45) is 0 Å². The third-order valence-electron chi connectivity index (χ3n) is 2.22. The highest BCUT2D eigenvalue weighted by Gasteiger charge is 2.00. The van der Waals surface area contributed by atoms with Crippen molar-refractivity contribution in [3.63, 3.8) is 0 Å². The first-order valence-electron chi connectivity index (χ1n) is 4.86. The fourth-order valence-corrected chi connectivity index (χ4v) is 1.64. The van der Waals surface area contributed by atoms with E-state index >= 15 is 0 Å². The van der Waals surface area contributed by atoms with E-state index in [-0.39, 0.29) is 5.56 Å². The van der Waals surface area contributed by atoms with E-state index < -0.39 is 0 Å². The van der Waals surface area contributed by atoms with Crippen molar-refractivity contribution in [1.29, 1.82) is 0 Å². The van der Waals surface area contributed by atoms with Crippen molar-refractivity contribution in [3.8, 4) is 0 Å². The minimum atomic E-state index is -0.0826. The number of hydrogen-bond acceptors (Lipinski definition) is 2.